The summed E-state index contributed by atoms with van der Waals surface area (Å²) in [6.45, 7) is -0.230. The van der Waals surface area contributed by atoms with E-state index in [0.717, 1.165) is 42.5 Å². The number of nitrogens with one attached hydrogen (secondary N) is 1. The fraction of sp³-hybridized carbons (Fsp3) is 0.440. The highest BCUT2D eigenvalue weighted by molar-refractivity contribution is 7.89. The number of benzene rings is 2. The Morgan fingerprint density at radius 3 is 2.33 bits per heavy atom. The summed E-state index contributed by atoms with van der Waals surface area (Å²) in [6.07, 6.45) is 4.87. The number of nitro groups is 1. The largest absolute Gasteiger partial charge is 0.351 e. The summed E-state index contributed by atoms with van der Waals surface area (Å²) < 4.78 is 27.7. The average molecular weight is 515 g/mol. The minimum absolute atomic E-state index is 0.0175. The van der Waals surface area contributed by atoms with Crippen LogP contribution in [0.15, 0.2) is 59.5 Å². The van der Waals surface area contributed by atoms with E-state index in [1.807, 2.05) is 6.07 Å². The molecule has 2 aliphatic rings. The van der Waals surface area contributed by atoms with Gasteiger partial charge in [-0.15, -0.1) is 0 Å². The number of nitrogens with zero attached hydrogens (tertiary/aromatic N) is 3. The first kappa shape index (κ1) is 25.8. The Hall–Kier alpha value is -3.31. The molecule has 4 rings (SSSR count). The van der Waals surface area contributed by atoms with Crippen molar-refractivity contribution in [3.63, 3.8) is 0 Å². The molecule has 2 aromatic rings. The van der Waals surface area contributed by atoms with E-state index in [9.17, 15) is 28.1 Å². The Morgan fingerprint density at radius 1 is 0.972 bits per heavy atom. The van der Waals surface area contributed by atoms with Crippen molar-refractivity contribution in [2.45, 2.75) is 55.5 Å². The molecule has 1 N–H and O–H groups in total. The number of carbonyl (C=O) groups is 2. The molecule has 0 aromatic heterocycles. The number of sulfonamides is 1. The average Bonchev–Trinajstić information content (AvgIpc) is 3.07. The first-order valence-corrected chi connectivity index (χ1v) is 13.6. The molecule has 1 heterocycles. The van der Waals surface area contributed by atoms with Gasteiger partial charge in [0.05, 0.1) is 4.92 Å². The topological polar surface area (TPSA) is 130 Å². The third-order valence-electron chi connectivity index (χ3n) is 6.79. The third-order valence-corrected chi connectivity index (χ3v) is 8.74. The van der Waals surface area contributed by atoms with Gasteiger partial charge in [-0.3, -0.25) is 19.7 Å². The van der Waals surface area contributed by atoms with E-state index in [-0.39, 0.29) is 43.9 Å². The fourth-order valence-corrected chi connectivity index (χ4v) is 6.52. The summed E-state index contributed by atoms with van der Waals surface area (Å²) in [5.41, 5.74) is 0.133. The molecule has 1 saturated carbocycles. The van der Waals surface area contributed by atoms with Crippen molar-refractivity contribution in [2.24, 2.45) is 0 Å². The molecule has 2 amide bonds. The zero-order chi connectivity index (χ0) is 25.7. The molecule has 0 bridgehead atoms. The monoisotopic (exact) mass is 514 g/mol. The first-order chi connectivity index (χ1) is 17.3. The van der Waals surface area contributed by atoms with Gasteiger partial charge in [0.15, 0.2) is 4.90 Å². The number of para-hydroxylation sites is 1. The highest BCUT2D eigenvalue weighted by atomic mass is 32.2. The Morgan fingerprint density at radius 2 is 1.64 bits per heavy atom. The third kappa shape index (κ3) is 5.57. The van der Waals surface area contributed by atoms with Crippen LogP contribution in [0.25, 0.3) is 0 Å². The number of amides is 2. The fourth-order valence-electron chi connectivity index (χ4n) is 4.93. The standard InChI is InChI=1S/C25H30N4O6S/c30-23-15-16-27(36(34,35)22-14-8-7-13-21(22)29(32)33)17-18-28(23)24(19-9-3-1-4-10-19)25(31)26-20-11-5-2-6-12-20/h1,3-4,7-10,13-14,20,24H,2,5-6,11-12,15-18H2,(H,26,31). The van der Waals surface area contributed by atoms with Crippen LogP contribution in [-0.4, -0.2) is 60.0 Å². The number of hydrogen-bond acceptors (Lipinski definition) is 6. The van der Waals surface area contributed by atoms with Gasteiger partial charge in [-0.1, -0.05) is 61.7 Å². The van der Waals surface area contributed by atoms with E-state index in [0.29, 0.717) is 5.56 Å². The quantitative estimate of drug-likeness (QED) is 0.447. The molecule has 10 nitrogen and oxygen atoms in total. The molecule has 36 heavy (non-hydrogen) atoms. The van der Waals surface area contributed by atoms with Gasteiger partial charge < -0.3 is 10.2 Å². The molecule has 1 unspecified atom stereocenters. The van der Waals surface area contributed by atoms with Crippen molar-refractivity contribution < 1.29 is 22.9 Å². The van der Waals surface area contributed by atoms with Crippen LogP contribution in [0.3, 0.4) is 0 Å². The zero-order valence-electron chi connectivity index (χ0n) is 19.9. The maximum Gasteiger partial charge on any atom is 0.289 e. The van der Waals surface area contributed by atoms with E-state index >= 15 is 0 Å². The van der Waals surface area contributed by atoms with Gasteiger partial charge in [0.2, 0.25) is 21.8 Å². The highest BCUT2D eigenvalue weighted by Crippen LogP contribution is 2.29. The molecule has 11 heteroatoms. The molecule has 1 aliphatic carbocycles. The second kappa shape index (κ2) is 11.2. The molecule has 1 saturated heterocycles. The van der Waals surface area contributed by atoms with Gasteiger partial charge in [0, 0.05) is 38.2 Å². The Balaban J connectivity index is 1.59. The Kier molecular flexibility index (Phi) is 8.00. The van der Waals surface area contributed by atoms with Crippen LogP contribution in [0.5, 0.6) is 0 Å². The van der Waals surface area contributed by atoms with Crippen LogP contribution in [-0.2, 0) is 19.6 Å². The molecule has 0 radical (unpaired) electrons. The summed E-state index contributed by atoms with van der Waals surface area (Å²) >= 11 is 0. The SMILES string of the molecule is O=C(NC1CCCCC1)C(c1ccccc1)N1CCN(S(=O)(=O)c2ccccc2[N+](=O)[O-])CCC1=O. The van der Waals surface area contributed by atoms with Crippen molar-refractivity contribution >= 4 is 27.5 Å². The molecular formula is C25H30N4O6S. The lowest BCUT2D eigenvalue weighted by Crippen LogP contribution is -2.47. The van der Waals surface area contributed by atoms with Crippen molar-refractivity contribution in [2.75, 3.05) is 19.6 Å². The zero-order valence-corrected chi connectivity index (χ0v) is 20.7. The molecule has 1 aliphatic heterocycles. The number of rotatable bonds is 7. The van der Waals surface area contributed by atoms with Crippen molar-refractivity contribution in [3.05, 3.63) is 70.3 Å². The number of nitro benzene ring substituents is 1. The van der Waals surface area contributed by atoms with E-state index in [1.54, 1.807) is 24.3 Å². The lowest BCUT2D eigenvalue weighted by atomic mass is 9.94. The minimum Gasteiger partial charge on any atom is -0.351 e. The molecule has 1 atom stereocenters. The maximum absolute atomic E-state index is 13.5. The summed E-state index contributed by atoms with van der Waals surface area (Å²) in [5, 5.41) is 14.5. The van der Waals surface area contributed by atoms with Gasteiger partial charge in [-0.2, -0.15) is 4.31 Å². The van der Waals surface area contributed by atoms with Crippen LogP contribution < -0.4 is 5.32 Å². The number of hydrogen-bond donors (Lipinski definition) is 1. The lowest BCUT2D eigenvalue weighted by Gasteiger charge is -2.32. The summed E-state index contributed by atoms with van der Waals surface area (Å²) in [7, 11) is -4.23. The van der Waals surface area contributed by atoms with Gasteiger partial charge >= 0.3 is 0 Å². The second-order valence-corrected chi connectivity index (χ2v) is 11.0. The molecule has 0 spiro atoms. The smallest absolute Gasteiger partial charge is 0.289 e. The number of carbonyl (C=O) groups excluding carboxylic acids is 2. The normalized spacial score (nSPS) is 18.9. The van der Waals surface area contributed by atoms with Crippen LogP contribution in [0, 0.1) is 10.1 Å². The van der Waals surface area contributed by atoms with Crippen LogP contribution in [0.4, 0.5) is 5.69 Å². The van der Waals surface area contributed by atoms with Crippen LogP contribution in [0.1, 0.15) is 50.1 Å². The molecule has 2 aromatic carbocycles. The van der Waals surface area contributed by atoms with E-state index < -0.39 is 31.6 Å². The van der Waals surface area contributed by atoms with Gasteiger partial charge in [-0.05, 0) is 24.5 Å². The van der Waals surface area contributed by atoms with Gasteiger partial charge in [0.25, 0.3) is 5.69 Å². The van der Waals surface area contributed by atoms with Crippen molar-refractivity contribution in [1.29, 1.82) is 0 Å². The Labute approximate surface area is 210 Å². The maximum atomic E-state index is 13.5. The van der Waals surface area contributed by atoms with Crippen LogP contribution >= 0.6 is 0 Å². The van der Waals surface area contributed by atoms with E-state index in [4.69, 9.17) is 0 Å². The molecule has 192 valence electrons. The Bertz CT molecular complexity index is 1210. The predicted molar refractivity (Wildman–Crippen MR) is 132 cm³/mol. The van der Waals surface area contributed by atoms with Crippen LogP contribution in [0.2, 0.25) is 0 Å². The molecule has 2 fully saturated rings. The van der Waals surface area contributed by atoms with Crippen molar-refractivity contribution in [3.8, 4) is 0 Å². The lowest BCUT2D eigenvalue weighted by molar-refractivity contribution is -0.387. The van der Waals surface area contributed by atoms with E-state index in [2.05, 4.69) is 5.32 Å². The predicted octanol–water partition coefficient (Wildman–Crippen LogP) is 3.01. The van der Waals surface area contributed by atoms with Gasteiger partial charge in [0.1, 0.15) is 6.04 Å². The first-order valence-electron chi connectivity index (χ1n) is 12.2. The van der Waals surface area contributed by atoms with Crippen molar-refractivity contribution in [1.82, 2.24) is 14.5 Å². The molecular weight excluding hydrogens is 484 g/mol. The summed E-state index contributed by atoms with van der Waals surface area (Å²) in [5.74, 6) is -0.626. The summed E-state index contributed by atoms with van der Waals surface area (Å²) in [6, 6.07) is 13.3. The second-order valence-electron chi connectivity index (χ2n) is 9.12. The minimum atomic E-state index is -4.23. The van der Waals surface area contributed by atoms with E-state index in [1.165, 1.54) is 23.1 Å². The summed E-state index contributed by atoms with van der Waals surface area (Å²) in [4.78, 5) is 38.4. The van der Waals surface area contributed by atoms with Gasteiger partial charge in [-0.25, -0.2) is 8.42 Å². The highest BCUT2D eigenvalue weighted by Gasteiger charge is 2.38.